The van der Waals surface area contributed by atoms with Crippen LogP contribution in [-0.4, -0.2) is 9.55 Å². The number of benzene rings is 11. The van der Waals surface area contributed by atoms with E-state index in [0.717, 1.165) is 101 Å². The Labute approximate surface area is 554 Å². The van der Waals surface area contributed by atoms with Crippen LogP contribution in [0.25, 0.3) is 72.1 Å². The van der Waals surface area contributed by atoms with Gasteiger partial charge in [-0.15, -0.1) is 48.1 Å². The smallest absolute Gasteiger partial charge is 0.135 e. The van der Waals surface area contributed by atoms with Crippen LogP contribution >= 0.6 is 0 Å². The molecule has 2 aromatic heterocycles. The first-order chi connectivity index (χ1) is 44.0. The molecular weight excluding hydrogens is 1300 g/mol. The number of anilines is 4. The van der Waals surface area contributed by atoms with Gasteiger partial charge >= 0.3 is 0 Å². The van der Waals surface area contributed by atoms with E-state index in [-0.39, 0.29) is 37.3 Å². The summed E-state index contributed by atoms with van der Waals surface area (Å²) in [6.07, 6.45) is 1.98. The monoisotopic (exact) mass is 1370 g/mol. The van der Waals surface area contributed by atoms with E-state index < -0.39 is 5.41 Å². The Bertz CT molecular complexity index is 5000. The Morgan fingerprint density at radius 1 is 0.424 bits per heavy atom. The second kappa shape index (κ2) is 22.0. The summed E-state index contributed by atoms with van der Waals surface area (Å²) in [6.45, 7) is 22.9. The number of rotatable bonds is 8. The predicted molar refractivity (Wildman–Crippen MR) is 374 cm³/mol. The van der Waals surface area contributed by atoms with Gasteiger partial charge in [-0.25, -0.2) is 4.98 Å². The maximum absolute atomic E-state index is 6.86. The molecule has 1 aliphatic carbocycles. The summed E-state index contributed by atoms with van der Waals surface area (Å²) in [5.41, 5.74) is 23.0. The zero-order valence-corrected chi connectivity index (χ0v) is 55.4. The molecule has 2 aliphatic heterocycles. The molecule has 0 unspecified atom stereocenters. The van der Waals surface area contributed by atoms with E-state index in [0.29, 0.717) is 11.5 Å². The van der Waals surface area contributed by atoms with E-state index in [1.807, 2.05) is 24.4 Å². The van der Waals surface area contributed by atoms with Gasteiger partial charge in [0.25, 0.3) is 0 Å². The molecule has 0 saturated carbocycles. The van der Waals surface area contributed by atoms with E-state index in [1.165, 1.54) is 44.5 Å². The largest absolute Gasteiger partial charge is 0.509 e. The van der Waals surface area contributed by atoms with Crippen LogP contribution in [0.4, 0.5) is 22.7 Å². The average molecular weight is 1370 g/mol. The van der Waals surface area contributed by atoms with Gasteiger partial charge in [0.05, 0.1) is 5.41 Å². The number of pyridine rings is 1. The van der Waals surface area contributed by atoms with Crippen molar-refractivity contribution in [2.75, 3.05) is 9.80 Å². The first kappa shape index (κ1) is 58.6. The molecule has 0 N–H and O–H groups in total. The van der Waals surface area contributed by atoms with Crippen LogP contribution < -0.4 is 19.3 Å². The molecule has 0 amide bonds. The second-order valence-electron chi connectivity index (χ2n) is 27.7. The molecule has 1 spiro atoms. The van der Waals surface area contributed by atoms with Crippen LogP contribution in [0.1, 0.15) is 101 Å². The van der Waals surface area contributed by atoms with Gasteiger partial charge in [-0.2, -0.15) is 12.1 Å². The summed E-state index contributed by atoms with van der Waals surface area (Å²) in [5, 5.41) is 2.19. The predicted octanol–water partition coefficient (Wildman–Crippen LogP) is 22.3. The first-order valence-electron chi connectivity index (χ1n) is 31.7. The fourth-order valence-electron chi connectivity index (χ4n) is 14.2. The molecule has 16 rings (SSSR count). The normalized spacial score (nSPS) is 13.7. The van der Waals surface area contributed by atoms with Gasteiger partial charge in [-0.3, -0.25) is 0 Å². The first-order valence-corrected chi connectivity index (χ1v) is 31.7. The van der Waals surface area contributed by atoms with E-state index in [2.05, 4.69) is 320 Å². The van der Waals surface area contributed by atoms with E-state index in [9.17, 15) is 0 Å². The van der Waals surface area contributed by atoms with Gasteiger partial charge < -0.3 is 23.8 Å². The van der Waals surface area contributed by atoms with Gasteiger partial charge in [0.2, 0.25) is 0 Å². The quantitative estimate of drug-likeness (QED) is 0.142. The van der Waals surface area contributed by atoms with E-state index in [4.69, 9.17) is 14.5 Å². The molecule has 0 bridgehead atoms. The van der Waals surface area contributed by atoms with Crippen LogP contribution in [0.2, 0.25) is 0 Å². The van der Waals surface area contributed by atoms with Crippen LogP contribution in [0.5, 0.6) is 23.0 Å². The van der Waals surface area contributed by atoms with Crippen LogP contribution in [0.15, 0.2) is 249 Å². The molecule has 0 radical (unpaired) electrons. The van der Waals surface area contributed by atoms with Gasteiger partial charge in [-0.05, 0) is 126 Å². The van der Waals surface area contributed by atoms with Gasteiger partial charge in [0.1, 0.15) is 17.3 Å². The number of hydrogen-bond donors (Lipinski definition) is 0. The Balaban J connectivity index is 0.00000702. The zero-order chi connectivity index (χ0) is 62.1. The maximum Gasteiger partial charge on any atom is 0.135 e. The molecule has 6 nitrogen and oxygen atoms in total. The molecule has 11 aromatic carbocycles. The standard InChI is InChI=1S/C85H69N4O2.Pt/c1-82(2,3)58-24-20-23-54(45-58)56-40-44-80(86-52-56)89-74-34-15-11-28-67(74)68-42-41-63(51-77(68)89)90-62-26-21-25-61(50-62)87-53-88(76-36-17-16-35-75(76)87)81-64(29-22-30-65(81)57-46-59(83(4,5)6)49-60(47-57)84(7,8)9)55-39-43-71-69(48-55)66-27-10-12-31-70(66)85(71)72-32-13-18-37-78(72)91-79-38-19-14-33-73(79)85;/h10-49,52-53H,1-9H3;/q-3;. The van der Waals surface area contributed by atoms with Crippen molar-refractivity contribution < 1.29 is 30.5 Å². The molecule has 3 aliphatic rings. The Kier molecular flexibility index (Phi) is 14.0. The van der Waals surface area contributed by atoms with Crippen LogP contribution in [0.3, 0.4) is 0 Å². The fraction of sp³-hybridized carbons (Fsp3) is 0.153. The van der Waals surface area contributed by atoms with Crippen molar-refractivity contribution in [2.24, 2.45) is 0 Å². The second-order valence-corrected chi connectivity index (χ2v) is 27.7. The van der Waals surface area contributed by atoms with E-state index >= 15 is 0 Å². The molecular formula is C85H69N4O2Pt-3. The fourth-order valence-corrected chi connectivity index (χ4v) is 14.2. The molecule has 0 atom stereocenters. The van der Waals surface area contributed by atoms with Crippen molar-refractivity contribution in [3.63, 3.8) is 0 Å². The molecule has 92 heavy (non-hydrogen) atoms. The summed E-state index contributed by atoms with van der Waals surface area (Å²) < 4.78 is 15.8. The summed E-state index contributed by atoms with van der Waals surface area (Å²) in [4.78, 5) is 9.76. The third kappa shape index (κ3) is 9.59. The van der Waals surface area contributed by atoms with Gasteiger partial charge in [0, 0.05) is 89.2 Å². The van der Waals surface area contributed by atoms with Crippen molar-refractivity contribution >= 4 is 44.6 Å². The van der Waals surface area contributed by atoms with Crippen molar-refractivity contribution in [1.29, 1.82) is 0 Å². The minimum atomic E-state index is -0.580. The molecule has 0 saturated heterocycles. The summed E-state index contributed by atoms with van der Waals surface area (Å²) >= 11 is 0. The SMILES string of the molecule is CC(C)(C)c1cccc(-c2ccc(-n3c4[c-]c(Oc5[c-]c(N6[CH-]N(c7c(-c8cc(C(C)(C)C)cc(C(C)(C)C)c8)cccc7-c7ccc8c(c7)-c7ccccc7C87c8ccccc8Oc8ccccc87)c7ccccc76)ccc5)ccc4c4ccccc43)nc2)c1.[Pt]. The third-order valence-corrected chi connectivity index (χ3v) is 18.9. The zero-order valence-electron chi connectivity index (χ0n) is 53.2. The van der Waals surface area contributed by atoms with Crippen molar-refractivity contribution in [1.82, 2.24) is 9.55 Å². The Morgan fingerprint density at radius 2 is 1.00 bits per heavy atom. The number of fused-ring (bicyclic) bond motifs is 13. The summed E-state index contributed by atoms with van der Waals surface area (Å²) in [7, 11) is 0. The molecule has 0 fully saturated rings. The van der Waals surface area contributed by atoms with E-state index in [1.54, 1.807) is 0 Å². The topological polar surface area (TPSA) is 42.8 Å². The minimum Gasteiger partial charge on any atom is -0.509 e. The number of nitrogens with zero attached hydrogens (tertiary/aromatic N) is 4. The van der Waals surface area contributed by atoms with Crippen molar-refractivity contribution in [2.45, 2.75) is 84.0 Å². The summed E-state index contributed by atoms with van der Waals surface area (Å²) in [6, 6.07) is 95.4. The molecule has 13 aromatic rings. The van der Waals surface area contributed by atoms with Crippen LogP contribution in [0, 0.1) is 18.8 Å². The Morgan fingerprint density at radius 3 is 1.71 bits per heavy atom. The number of para-hydroxylation sites is 6. The molecule has 454 valence electrons. The summed E-state index contributed by atoms with van der Waals surface area (Å²) in [5.74, 6) is 3.71. The minimum absolute atomic E-state index is 0. The third-order valence-electron chi connectivity index (χ3n) is 18.9. The number of ether oxygens (including phenoxy) is 2. The van der Waals surface area contributed by atoms with Gasteiger partial charge in [-0.1, -0.05) is 232 Å². The Hall–Kier alpha value is -9.74. The van der Waals surface area contributed by atoms with Gasteiger partial charge in [0.15, 0.2) is 0 Å². The van der Waals surface area contributed by atoms with Crippen LogP contribution in [-0.2, 0) is 42.7 Å². The van der Waals surface area contributed by atoms with Crippen molar-refractivity contribution in [3.8, 4) is 73.3 Å². The maximum atomic E-state index is 6.86. The molecule has 4 heterocycles. The van der Waals surface area contributed by atoms with Crippen molar-refractivity contribution in [3.05, 3.63) is 307 Å². The number of aromatic nitrogens is 2. The number of hydrogen-bond acceptors (Lipinski definition) is 5. The average Bonchev–Trinajstić information content (AvgIpc) is 1.47. The molecule has 7 heteroatoms.